The minimum atomic E-state index is 0.367. The third-order valence-electron chi connectivity index (χ3n) is 4.15. The van der Waals surface area contributed by atoms with E-state index in [1.165, 1.54) is 0 Å². The molecule has 0 atom stereocenters. The topological polar surface area (TPSA) is 87.8 Å². The first kappa shape index (κ1) is 18.1. The number of aryl methyl sites for hydroxylation is 1. The fraction of sp³-hybridized carbons (Fsp3) is 0.421. The lowest BCUT2D eigenvalue weighted by Gasteiger charge is -2.24. The molecule has 0 aromatic carbocycles. The number of H-pyrrole nitrogens is 1. The number of nitrogens with zero attached hydrogens (tertiary/aromatic N) is 3. The first-order chi connectivity index (χ1) is 12.6. The van der Waals surface area contributed by atoms with Gasteiger partial charge in [-0.1, -0.05) is 18.2 Å². The van der Waals surface area contributed by atoms with Crippen LogP contribution in [-0.2, 0) is 4.74 Å². The summed E-state index contributed by atoms with van der Waals surface area (Å²) < 4.78 is 5.44. The van der Waals surface area contributed by atoms with Crippen LogP contribution in [0.4, 0.5) is 17.5 Å². The number of anilines is 3. The van der Waals surface area contributed by atoms with Crippen molar-refractivity contribution < 1.29 is 4.74 Å². The van der Waals surface area contributed by atoms with Gasteiger partial charge in [0.05, 0.1) is 0 Å². The first-order valence-electron chi connectivity index (χ1n) is 8.96. The molecule has 0 amide bonds. The number of hydrogen-bond donors (Lipinski definition) is 3. The molecule has 2 aromatic heterocycles. The molecule has 0 saturated carbocycles. The lowest BCUT2D eigenvalue weighted by Crippen LogP contribution is -2.28. The van der Waals surface area contributed by atoms with Crippen LogP contribution in [0.3, 0.4) is 0 Å². The Balaban J connectivity index is 1.87. The maximum Gasteiger partial charge on any atom is 0.159 e. The summed E-state index contributed by atoms with van der Waals surface area (Å²) in [6, 6.07) is 4.23. The van der Waals surface area contributed by atoms with Crippen molar-refractivity contribution in [3.05, 3.63) is 41.9 Å². The van der Waals surface area contributed by atoms with Gasteiger partial charge in [0.25, 0.3) is 0 Å². The fourth-order valence-electron chi connectivity index (χ4n) is 2.74. The molecular formula is C19H26N6O. The molecule has 1 fully saturated rings. The Labute approximate surface area is 154 Å². The highest BCUT2D eigenvalue weighted by molar-refractivity contribution is 5.65. The Bertz CT molecular complexity index is 789. The van der Waals surface area contributed by atoms with Crippen molar-refractivity contribution in [1.29, 1.82) is 0 Å². The number of ether oxygens (including phenoxy) is 1. The van der Waals surface area contributed by atoms with Gasteiger partial charge < -0.3 is 15.4 Å². The van der Waals surface area contributed by atoms with Crippen molar-refractivity contribution in [3.63, 3.8) is 0 Å². The van der Waals surface area contributed by atoms with Gasteiger partial charge in [-0.15, -0.1) is 0 Å². The molecule has 2 aromatic rings. The van der Waals surface area contributed by atoms with E-state index in [9.17, 15) is 0 Å². The number of rotatable bonds is 6. The SMILES string of the molecule is C/C=C\C=C(/C)c1nc(Nc2cc(C)[nH]n2)cc(NC2CCOCC2)n1. The van der Waals surface area contributed by atoms with Gasteiger partial charge in [0.1, 0.15) is 11.6 Å². The third kappa shape index (κ3) is 4.92. The Morgan fingerprint density at radius 1 is 1.19 bits per heavy atom. The van der Waals surface area contributed by atoms with Gasteiger partial charge in [-0.05, 0) is 39.2 Å². The van der Waals surface area contributed by atoms with Crippen LogP contribution in [0.15, 0.2) is 30.4 Å². The molecule has 138 valence electrons. The van der Waals surface area contributed by atoms with Crippen molar-refractivity contribution in [2.45, 2.75) is 39.7 Å². The van der Waals surface area contributed by atoms with Crippen molar-refractivity contribution in [2.24, 2.45) is 0 Å². The average molecular weight is 354 g/mol. The molecule has 3 N–H and O–H groups in total. The van der Waals surface area contributed by atoms with Crippen molar-refractivity contribution in [1.82, 2.24) is 20.2 Å². The molecule has 0 bridgehead atoms. The van der Waals surface area contributed by atoms with E-state index >= 15 is 0 Å². The fourth-order valence-corrected chi connectivity index (χ4v) is 2.74. The van der Waals surface area contributed by atoms with Crippen molar-refractivity contribution in [3.8, 4) is 0 Å². The molecule has 1 aliphatic heterocycles. The Kier molecular flexibility index (Phi) is 6.01. The Morgan fingerprint density at radius 2 is 1.96 bits per heavy atom. The van der Waals surface area contributed by atoms with E-state index in [1.807, 2.05) is 51.1 Å². The minimum Gasteiger partial charge on any atom is -0.381 e. The summed E-state index contributed by atoms with van der Waals surface area (Å²) in [5, 5.41) is 13.9. The second-order valence-corrected chi connectivity index (χ2v) is 6.43. The summed E-state index contributed by atoms with van der Waals surface area (Å²) in [5.41, 5.74) is 1.99. The number of hydrogen-bond acceptors (Lipinski definition) is 6. The Hall–Kier alpha value is -2.67. The van der Waals surface area contributed by atoms with E-state index in [0.717, 1.165) is 49.0 Å². The summed E-state index contributed by atoms with van der Waals surface area (Å²) in [5.74, 6) is 2.95. The monoisotopic (exact) mass is 354 g/mol. The molecule has 0 spiro atoms. The molecule has 0 unspecified atom stereocenters. The zero-order valence-corrected chi connectivity index (χ0v) is 15.5. The van der Waals surface area contributed by atoms with E-state index in [2.05, 4.69) is 25.8 Å². The van der Waals surface area contributed by atoms with Gasteiger partial charge in [-0.25, -0.2) is 9.97 Å². The van der Waals surface area contributed by atoms with E-state index < -0.39 is 0 Å². The summed E-state index contributed by atoms with van der Waals surface area (Å²) in [6.45, 7) is 7.53. The minimum absolute atomic E-state index is 0.367. The van der Waals surface area contributed by atoms with Gasteiger partial charge in [-0.3, -0.25) is 5.10 Å². The molecule has 7 heteroatoms. The van der Waals surface area contributed by atoms with E-state index in [4.69, 9.17) is 9.72 Å². The summed E-state index contributed by atoms with van der Waals surface area (Å²) in [6.07, 6.45) is 7.94. The highest BCUT2D eigenvalue weighted by Crippen LogP contribution is 2.22. The van der Waals surface area contributed by atoms with Gasteiger partial charge >= 0.3 is 0 Å². The zero-order valence-electron chi connectivity index (χ0n) is 15.5. The predicted octanol–water partition coefficient (Wildman–Crippen LogP) is 3.82. The predicted molar refractivity (Wildman–Crippen MR) is 105 cm³/mol. The summed E-state index contributed by atoms with van der Waals surface area (Å²) >= 11 is 0. The van der Waals surface area contributed by atoms with Gasteiger partial charge in [-0.2, -0.15) is 5.10 Å². The second kappa shape index (κ2) is 8.62. The number of aromatic nitrogens is 4. The summed E-state index contributed by atoms with van der Waals surface area (Å²) in [4.78, 5) is 9.33. The Morgan fingerprint density at radius 3 is 2.65 bits per heavy atom. The molecule has 3 heterocycles. The van der Waals surface area contributed by atoms with Gasteiger partial charge in [0.2, 0.25) is 0 Å². The number of nitrogens with one attached hydrogen (secondary N) is 3. The van der Waals surface area contributed by atoms with E-state index in [1.54, 1.807) is 0 Å². The molecule has 1 saturated heterocycles. The van der Waals surface area contributed by atoms with Crippen LogP contribution < -0.4 is 10.6 Å². The van der Waals surface area contributed by atoms with Crippen LogP contribution in [0.1, 0.15) is 38.2 Å². The average Bonchev–Trinajstić information content (AvgIpc) is 3.05. The standard InChI is InChI=1S/C19H26N6O/c1-4-5-6-13(2)19-22-16(20-15-7-9-26-10-8-15)12-17(23-19)21-18-11-14(3)24-25-18/h4-6,11-12,15H,7-10H2,1-3H3,(H3,20,21,22,23,24,25)/b5-4-,13-6+. The van der Waals surface area contributed by atoms with Gasteiger partial charge in [0.15, 0.2) is 11.6 Å². The van der Waals surface area contributed by atoms with E-state index in [-0.39, 0.29) is 0 Å². The molecule has 3 rings (SSSR count). The van der Waals surface area contributed by atoms with E-state index in [0.29, 0.717) is 17.7 Å². The third-order valence-corrected chi connectivity index (χ3v) is 4.15. The molecule has 0 aliphatic carbocycles. The molecule has 1 aliphatic rings. The number of allylic oxidation sites excluding steroid dienone is 4. The molecule has 0 radical (unpaired) electrons. The largest absolute Gasteiger partial charge is 0.381 e. The quantitative estimate of drug-likeness (QED) is 0.684. The van der Waals surface area contributed by atoms with Crippen LogP contribution >= 0.6 is 0 Å². The first-order valence-corrected chi connectivity index (χ1v) is 8.96. The molecular weight excluding hydrogens is 328 g/mol. The second-order valence-electron chi connectivity index (χ2n) is 6.43. The molecule has 26 heavy (non-hydrogen) atoms. The highest BCUT2D eigenvalue weighted by Gasteiger charge is 2.15. The highest BCUT2D eigenvalue weighted by atomic mass is 16.5. The normalized spacial score (nSPS) is 16.2. The lowest BCUT2D eigenvalue weighted by atomic mass is 10.1. The molecule has 7 nitrogen and oxygen atoms in total. The van der Waals surface area contributed by atoms with Crippen LogP contribution in [-0.4, -0.2) is 39.4 Å². The number of aromatic amines is 1. The van der Waals surface area contributed by atoms with Crippen LogP contribution in [0.5, 0.6) is 0 Å². The smallest absolute Gasteiger partial charge is 0.159 e. The van der Waals surface area contributed by atoms with Gasteiger partial charge in [0, 0.05) is 37.1 Å². The van der Waals surface area contributed by atoms with Crippen LogP contribution in [0, 0.1) is 6.92 Å². The van der Waals surface area contributed by atoms with Crippen molar-refractivity contribution in [2.75, 3.05) is 23.8 Å². The zero-order chi connectivity index (χ0) is 18.4. The summed E-state index contributed by atoms with van der Waals surface area (Å²) in [7, 11) is 0. The van der Waals surface area contributed by atoms with Crippen LogP contribution in [0.2, 0.25) is 0 Å². The lowest BCUT2D eigenvalue weighted by molar-refractivity contribution is 0.0904. The maximum absolute atomic E-state index is 5.44. The van der Waals surface area contributed by atoms with Crippen molar-refractivity contribution >= 4 is 23.0 Å². The van der Waals surface area contributed by atoms with Crippen LogP contribution in [0.25, 0.3) is 5.57 Å². The maximum atomic E-state index is 5.44.